The molecule has 25 heavy (non-hydrogen) atoms. The Morgan fingerprint density at radius 2 is 1.80 bits per heavy atom. The van der Waals surface area contributed by atoms with Crippen molar-refractivity contribution in [3.63, 3.8) is 0 Å². The number of aromatic nitrogens is 2. The quantitative estimate of drug-likeness (QED) is 0.728. The van der Waals surface area contributed by atoms with Gasteiger partial charge in [0.2, 0.25) is 0 Å². The summed E-state index contributed by atoms with van der Waals surface area (Å²) in [4.78, 5) is 7.88. The van der Waals surface area contributed by atoms with Gasteiger partial charge < -0.3 is 10.1 Å². The van der Waals surface area contributed by atoms with Crippen molar-refractivity contribution in [3.05, 3.63) is 83.1 Å². The Labute approximate surface area is 144 Å². The van der Waals surface area contributed by atoms with Crippen LogP contribution in [0.15, 0.2) is 54.7 Å². The first-order chi connectivity index (χ1) is 12.1. The number of halogens is 2. The van der Waals surface area contributed by atoms with E-state index >= 15 is 0 Å². The van der Waals surface area contributed by atoms with Gasteiger partial charge in [0, 0.05) is 6.54 Å². The molecule has 128 valence electrons. The summed E-state index contributed by atoms with van der Waals surface area (Å²) in [5.41, 5.74) is 2.93. The largest absolute Gasteiger partial charge is 0.459 e. The van der Waals surface area contributed by atoms with Crippen LogP contribution in [0.25, 0.3) is 0 Å². The first kappa shape index (κ1) is 16.8. The highest BCUT2D eigenvalue weighted by Crippen LogP contribution is 2.16. The molecular weight excluding hydrogens is 324 g/mol. The fraction of sp³-hybridized carbons (Fsp3) is 0.158. The minimum absolute atomic E-state index is 0.0537. The highest BCUT2D eigenvalue weighted by molar-refractivity contribution is 5.38. The van der Waals surface area contributed by atoms with Crippen LogP contribution in [-0.4, -0.2) is 9.97 Å². The van der Waals surface area contributed by atoms with Gasteiger partial charge >= 0.3 is 6.01 Å². The lowest BCUT2D eigenvalue weighted by Gasteiger charge is -2.10. The number of rotatable bonds is 6. The molecule has 2 aromatic carbocycles. The number of benzene rings is 2. The third-order valence-electron chi connectivity index (χ3n) is 3.71. The molecule has 1 aromatic heterocycles. The highest BCUT2D eigenvalue weighted by Gasteiger charge is 2.09. The molecule has 0 fully saturated rings. The maximum absolute atomic E-state index is 13.9. The molecule has 0 aliphatic rings. The molecule has 3 aromatic rings. The summed E-state index contributed by atoms with van der Waals surface area (Å²) in [5, 5.41) is 2.96. The molecule has 6 heteroatoms. The van der Waals surface area contributed by atoms with Crippen LogP contribution in [0.3, 0.4) is 0 Å². The van der Waals surface area contributed by atoms with Crippen LogP contribution in [0, 0.1) is 18.6 Å². The Kier molecular flexibility index (Phi) is 5.18. The van der Waals surface area contributed by atoms with Crippen molar-refractivity contribution in [1.29, 1.82) is 0 Å². The van der Waals surface area contributed by atoms with Gasteiger partial charge in [-0.2, -0.15) is 4.98 Å². The summed E-state index contributed by atoms with van der Waals surface area (Å²) < 4.78 is 32.2. The second-order valence-electron chi connectivity index (χ2n) is 5.54. The van der Waals surface area contributed by atoms with Crippen molar-refractivity contribution < 1.29 is 13.5 Å². The third-order valence-corrected chi connectivity index (χ3v) is 3.71. The van der Waals surface area contributed by atoms with Crippen molar-refractivity contribution in [2.45, 2.75) is 20.1 Å². The Morgan fingerprint density at radius 1 is 1.04 bits per heavy atom. The lowest BCUT2D eigenvalue weighted by molar-refractivity contribution is 0.279. The number of hydrogen-bond acceptors (Lipinski definition) is 4. The van der Waals surface area contributed by atoms with Crippen LogP contribution < -0.4 is 10.1 Å². The Bertz CT molecular complexity index is 854. The third kappa shape index (κ3) is 4.50. The van der Waals surface area contributed by atoms with Gasteiger partial charge in [0.25, 0.3) is 0 Å². The van der Waals surface area contributed by atoms with E-state index in [4.69, 9.17) is 4.74 Å². The maximum Gasteiger partial charge on any atom is 0.318 e. The van der Waals surface area contributed by atoms with E-state index in [1.54, 1.807) is 12.1 Å². The molecule has 0 radical (unpaired) electrons. The summed E-state index contributed by atoms with van der Waals surface area (Å²) in [5.74, 6) is -0.792. The molecule has 0 amide bonds. The highest BCUT2D eigenvalue weighted by atomic mass is 19.1. The normalized spacial score (nSPS) is 10.5. The van der Waals surface area contributed by atoms with Crippen LogP contribution in [0.1, 0.15) is 16.7 Å². The fourth-order valence-corrected chi connectivity index (χ4v) is 2.26. The zero-order valence-electron chi connectivity index (χ0n) is 13.7. The summed E-state index contributed by atoms with van der Waals surface area (Å²) in [6.07, 6.45) is 1.06. The predicted molar refractivity (Wildman–Crippen MR) is 91.2 cm³/mol. The van der Waals surface area contributed by atoms with E-state index in [-0.39, 0.29) is 24.3 Å². The topological polar surface area (TPSA) is 47.0 Å². The van der Waals surface area contributed by atoms with Gasteiger partial charge in [-0.1, -0.05) is 36.4 Å². The van der Waals surface area contributed by atoms with E-state index in [1.165, 1.54) is 12.1 Å². The molecule has 0 atom stereocenters. The summed E-state index contributed by atoms with van der Waals surface area (Å²) in [7, 11) is 0. The average Bonchev–Trinajstić information content (AvgIpc) is 2.62. The van der Waals surface area contributed by atoms with Gasteiger partial charge in [0.05, 0.1) is 6.20 Å². The molecule has 0 bridgehead atoms. The Morgan fingerprint density at radius 3 is 2.56 bits per heavy atom. The smallest absolute Gasteiger partial charge is 0.318 e. The van der Waals surface area contributed by atoms with Crippen molar-refractivity contribution in [2.24, 2.45) is 0 Å². The maximum atomic E-state index is 13.9. The van der Waals surface area contributed by atoms with Gasteiger partial charge in [-0.3, -0.25) is 0 Å². The molecule has 3 rings (SSSR count). The molecule has 1 heterocycles. The van der Waals surface area contributed by atoms with Crippen LogP contribution in [0.4, 0.5) is 14.6 Å². The zero-order valence-corrected chi connectivity index (χ0v) is 13.7. The Balaban J connectivity index is 1.65. The molecule has 0 saturated heterocycles. The molecule has 1 N–H and O–H groups in total. The molecule has 0 saturated carbocycles. The fourth-order valence-electron chi connectivity index (χ4n) is 2.26. The molecule has 4 nitrogen and oxygen atoms in total. The van der Waals surface area contributed by atoms with E-state index in [1.807, 2.05) is 31.2 Å². The van der Waals surface area contributed by atoms with Crippen molar-refractivity contribution in [1.82, 2.24) is 9.97 Å². The number of anilines is 1. The number of aryl methyl sites for hydroxylation is 1. The van der Waals surface area contributed by atoms with Crippen molar-refractivity contribution in [2.75, 3.05) is 5.32 Å². The van der Waals surface area contributed by atoms with Crippen LogP contribution in [0.5, 0.6) is 6.01 Å². The monoisotopic (exact) mass is 341 g/mol. The number of nitrogens with zero attached hydrogens (tertiary/aromatic N) is 2. The van der Waals surface area contributed by atoms with Gasteiger partial charge in [-0.15, -0.1) is 0 Å². The van der Waals surface area contributed by atoms with Crippen molar-refractivity contribution in [3.8, 4) is 6.01 Å². The lowest BCUT2D eigenvalue weighted by atomic mass is 10.1. The summed E-state index contributed by atoms with van der Waals surface area (Å²) in [6.45, 7) is 2.60. The van der Waals surface area contributed by atoms with E-state index in [0.717, 1.165) is 22.9 Å². The predicted octanol–water partition coefficient (Wildman–Crippen LogP) is 4.25. The lowest BCUT2D eigenvalue weighted by Crippen LogP contribution is -2.07. The average molecular weight is 341 g/mol. The van der Waals surface area contributed by atoms with Crippen LogP contribution in [-0.2, 0) is 13.2 Å². The SMILES string of the molecule is Cc1ccccc1CNc1nc(OCc2ccc(F)cc2)ncc1F. The molecule has 0 aliphatic carbocycles. The standard InChI is InChI=1S/C19H17F2N3O/c1-13-4-2-3-5-15(13)10-22-18-17(21)11-23-19(24-18)25-12-14-6-8-16(20)9-7-14/h2-9,11H,10,12H2,1H3,(H,22,23,24). The Hall–Kier alpha value is -3.02. The number of nitrogens with one attached hydrogen (secondary N) is 1. The van der Waals surface area contributed by atoms with Gasteiger partial charge in [0.15, 0.2) is 11.6 Å². The van der Waals surface area contributed by atoms with E-state index < -0.39 is 5.82 Å². The van der Waals surface area contributed by atoms with Crippen LogP contribution in [0.2, 0.25) is 0 Å². The zero-order chi connectivity index (χ0) is 17.6. The van der Waals surface area contributed by atoms with E-state index in [9.17, 15) is 8.78 Å². The first-order valence-electron chi connectivity index (χ1n) is 7.80. The van der Waals surface area contributed by atoms with Gasteiger partial charge in [-0.25, -0.2) is 13.8 Å². The molecule has 0 aliphatic heterocycles. The van der Waals surface area contributed by atoms with Crippen LogP contribution >= 0.6 is 0 Å². The first-order valence-corrected chi connectivity index (χ1v) is 7.80. The van der Waals surface area contributed by atoms with E-state index in [2.05, 4.69) is 15.3 Å². The second-order valence-corrected chi connectivity index (χ2v) is 5.54. The number of ether oxygens (including phenoxy) is 1. The number of hydrogen-bond donors (Lipinski definition) is 1. The second kappa shape index (κ2) is 7.70. The molecule has 0 spiro atoms. The summed E-state index contributed by atoms with van der Waals surface area (Å²) >= 11 is 0. The summed E-state index contributed by atoms with van der Waals surface area (Å²) in [6, 6.07) is 13.8. The minimum Gasteiger partial charge on any atom is -0.459 e. The van der Waals surface area contributed by atoms with E-state index in [0.29, 0.717) is 6.54 Å². The van der Waals surface area contributed by atoms with Gasteiger partial charge in [-0.05, 0) is 35.7 Å². The van der Waals surface area contributed by atoms with Gasteiger partial charge in [0.1, 0.15) is 12.4 Å². The molecule has 0 unspecified atom stereocenters. The molecular formula is C19H17F2N3O. The van der Waals surface area contributed by atoms with Crippen molar-refractivity contribution >= 4 is 5.82 Å². The minimum atomic E-state index is -0.553.